The summed E-state index contributed by atoms with van der Waals surface area (Å²) >= 11 is 1.86. The van der Waals surface area contributed by atoms with Crippen LogP contribution in [0.5, 0.6) is 0 Å². The van der Waals surface area contributed by atoms with E-state index in [1.165, 1.54) is 0 Å². The van der Waals surface area contributed by atoms with Gasteiger partial charge in [-0.25, -0.2) is 0 Å². The summed E-state index contributed by atoms with van der Waals surface area (Å²) < 4.78 is 0.185. The first kappa shape index (κ1) is 10.2. The van der Waals surface area contributed by atoms with Crippen LogP contribution in [-0.4, -0.2) is 46.9 Å². The average molecular weight is 282 g/mol. The number of hydrogen-bond donors (Lipinski definition) is 0. The maximum absolute atomic E-state index is 11.0. The van der Waals surface area contributed by atoms with Crippen molar-refractivity contribution in [2.75, 3.05) is 27.2 Å². The van der Waals surface area contributed by atoms with Crippen LogP contribution in [-0.2, 0) is 0 Å². The van der Waals surface area contributed by atoms with Crippen LogP contribution >= 0.6 is 22.6 Å². The Morgan fingerprint density at radius 1 is 1.42 bits per heavy atom. The highest BCUT2D eigenvalue weighted by molar-refractivity contribution is 14.1. The Kier molecular flexibility index (Phi) is 3.77. The van der Waals surface area contributed by atoms with Crippen molar-refractivity contribution >= 4 is 26.5 Å². The number of nitrogens with zero attached hydrogens (tertiary/aromatic N) is 2. The highest BCUT2D eigenvalue weighted by Gasteiger charge is 2.21. The Bertz CT molecular complexity index is 164. The minimum absolute atomic E-state index is 0.185. The molecule has 0 N–H and O–H groups in total. The highest BCUT2D eigenvalue weighted by atomic mass is 127. The largest absolute Gasteiger partial charge is 0.334 e. The fourth-order valence-corrected chi connectivity index (χ4v) is 2.04. The molecule has 4 heteroatoms. The molecule has 0 aromatic carbocycles. The second kappa shape index (κ2) is 4.41. The first-order chi connectivity index (χ1) is 5.61. The maximum atomic E-state index is 11.0. The Hall–Kier alpha value is 0.160. The number of halogens is 1. The van der Waals surface area contributed by atoms with Gasteiger partial charge in [0.15, 0.2) is 0 Å². The van der Waals surface area contributed by atoms with E-state index in [4.69, 9.17) is 0 Å². The third kappa shape index (κ3) is 2.58. The Morgan fingerprint density at radius 3 is 2.25 bits per heavy atom. The summed E-state index contributed by atoms with van der Waals surface area (Å²) in [5, 5.41) is 0. The summed E-state index contributed by atoms with van der Waals surface area (Å²) in [6.07, 6.45) is 2.23. The third-order valence-corrected chi connectivity index (χ3v) is 3.13. The normalized spacial score (nSPS) is 20.2. The molecule has 0 bridgehead atoms. The van der Waals surface area contributed by atoms with E-state index >= 15 is 0 Å². The first-order valence-corrected chi connectivity index (χ1v) is 5.30. The third-order valence-electron chi connectivity index (χ3n) is 2.44. The van der Waals surface area contributed by atoms with Gasteiger partial charge < -0.3 is 9.80 Å². The minimum Gasteiger partial charge on any atom is -0.334 e. The fourth-order valence-electron chi connectivity index (χ4n) is 1.56. The molecule has 0 radical (unpaired) electrons. The molecular formula is C8H15IN2O. The van der Waals surface area contributed by atoms with Crippen molar-refractivity contribution in [2.45, 2.75) is 18.9 Å². The van der Waals surface area contributed by atoms with Crippen LogP contribution in [0.15, 0.2) is 0 Å². The van der Waals surface area contributed by atoms with Crippen LogP contribution in [0.25, 0.3) is 0 Å². The molecule has 0 aromatic rings. The lowest BCUT2D eigenvalue weighted by Gasteiger charge is -2.34. The molecule has 1 aliphatic heterocycles. The van der Waals surface area contributed by atoms with Crippen LogP contribution < -0.4 is 0 Å². The molecule has 1 amide bonds. The summed E-state index contributed by atoms with van der Waals surface area (Å²) in [4.78, 5) is 15.1. The van der Waals surface area contributed by atoms with Gasteiger partial charge in [-0.05, 0) is 26.9 Å². The minimum atomic E-state index is 0.185. The highest BCUT2D eigenvalue weighted by Crippen LogP contribution is 2.15. The van der Waals surface area contributed by atoms with E-state index in [0.717, 1.165) is 25.9 Å². The Balaban J connectivity index is 2.34. The van der Waals surface area contributed by atoms with Crippen molar-refractivity contribution in [1.29, 1.82) is 0 Å². The second-order valence-corrected chi connectivity index (χ2v) is 4.36. The van der Waals surface area contributed by atoms with Gasteiger partial charge in [0.25, 0.3) is 3.91 Å². The molecule has 0 aromatic heterocycles. The number of amides is 1. The van der Waals surface area contributed by atoms with Crippen LogP contribution in [0.4, 0.5) is 4.79 Å². The lowest BCUT2D eigenvalue weighted by atomic mass is 10.1. The number of piperidine rings is 1. The van der Waals surface area contributed by atoms with Crippen molar-refractivity contribution in [1.82, 2.24) is 9.80 Å². The second-order valence-electron chi connectivity index (χ2n) is 3.43. The van der Waals surface area contributed by atoms with Gasteiger partial charge >= 0.3 is 0 Å². The zero-order chi connectivity index (χ0) is 9.14. The Morgan fingerprint density at radius 2 is 1.92 bits per heavy atom. The molecule has 1 rings (SSSR count). The Labute approximate surface area is 87.2 Å². The van der Waals surface area contributed by atoms with Crippen molar-refractivity contribution in [3.8, 4) is 0 Å². The van der Waals surface area contributed by atoms with Crippen LogP contribution in [0, 0.1) is 0 Å². The number of carbonyl (C=O) groups is 1. The standard InChI is InChI=1S/C8H15IN2O/c1-10(2)7-3-5-11(6-4-7)8(9)12/h7H,3-6H2,1-2H3. The van der Waals surface area contributed by atoms with Crippen molar-refractivity contribution < 1.29 is 4.79 Å². The van der Waals surface area contributed by atoms with Crippen molar-refractivity contribution in [2.24, 2.45) is 0 Å². The van der Waals surface area contributed by atoms with Gasteiger partial charge in [0.1, 0.15) is 0 Å². The molecule has 12 heavy (non-hydrogen) atoms. The van der Waals surface area contributed by atoms with Gasteiger partial charge in [-0.1, -0.05) is 0 Å². The van der Waals surface area contributed by atoms with Gasteiger partial charge in [0.05, 0.1) is 0 Å². The molecule has 0 spiro atoms. The predicted molar refractivity (Wildman–Crippen MR) is 57.7 cm³/mol. The van der Waals surface area contributed by atoms with E-state index in [9.17, 15) is 4.79 Å². The molecule has 1 saturated heterocycles. The van der Waals surface area contributed by atoms with E-state index in [0.29, 0.717) is 6.04 Å². The summed E-state index contributed by atoms with van der Waals surface area (Å²) in [6.45, 7) is 1.84. The van der Waals surface area contributed by atoms with Gasteiger partial charge in [0, 0.05) is 41.7 Å². The molecule has 0 unspecified atom stereocenters. The zero-order valence-electron chi connectivity index (χ0n) is 7.59. The smallest absolute Gasteiger partial charge is 0.283 e. The van der Waals surface area contributed by atoms with Crippen LogP contribution in [0.3, 0.4) is 0 Å². The molecule has 0 aliphatic carbocycles. The van der Waals surface area contributed by atoms with E-state index in [2.05, 4.69) is 19.0 Å². The summed E-state index contributed by atoms with van der Waals surface area (Å²) in [7, 11) is 4.21. The SMILES string of the molecule is CN(C)C1CCN(C(=O)I)CC1. The topological polar surface area (TPSA) is 23.6 Å². The fraction of sp³-hybridized carbons (Fsp3) is 0.875. The monoisotopic (exact) mass is 282 g/mol. The molecule has 0 atom stereocenters. The molecular weight excluding hydrogens is 267 g/mol. The van der Waals surface area contributed by atoms with Gasteiger partial charge in [0.2, 0.25) is 0 Å². The van der Waals surface area contributed by atoms with E-state index in [1.807, 2.05) is 27.5 Å². The number of carbonyl (C=O) groups excluding carboxylic acids is 1. The quantitative estimate of drug-likeness (QED) is 0.414. The number of likely N-dealkylation sites (tertiary alicyclic amines) is 1. The summed E-state index contributed by atoms with van der Waals surface area (Å²) in [5.74, 6) is 0. The maximum Gasteiger partial charge on any atom is 0.283 e. The molecule has 1 aliphatic rings. The summed E-state index contributed by atoms with van der Waals surface area (Å²) in [6, 6.07) is 0.664. The molecule has 3 nitrogen and oxygen atoms in total. The zero-order valence-corrected chi connectivity index (χ0v) is 9.74. The number of rotatable bonds is 1. The van der Waals surface area contributed by atoms with Gasteiger partial charge in [-0.3, -0.25) is 4.79 Å². The van der Waals surface area contributed by atoms with E-state index < -0.39 is 0 Å². The van der Waals surface area contributed by atoms with Crippen LogP contribution in [0.2, 0.25) is 0 Å². The predicted octanol–water partition coefficient (Wildman–Crippen LogP) is 1.57. The van der Waals surface area contributed by atoms with Crippen LogP contribution in [0.1, 0.15) is 12.8 Å². The van der Waals surface area contributed by atoms with Gasteiger partial charge in [-0.2, -0.15) is 0 Å². The van der Waals surface area contributed by atoms with Crippen molar-refractivity contribution in [3.63, 3.8) is 0 Å². The molecule has 1 fully saturated rings. The van der Waals surface area contributed by atoms with E-state index in [-0.39, 0.29) is 3.91 Å². The molecule has 1 heterocycles. The molecule has 70 valence electrons. The van der Waals surface area contributed by atoms with E-state index in [1.54, 1.807) is 0 Å². The van der Waals surface area contributed by atoms with Crippen molar-refractivity contribution in [3.05, 3.63) is 0 Å². The number of hydrogen-bond acceptors (Lipinski definition) is 2. The summed E-state index contributed by atoms with van der Waals surface area (Å²) in [5.41, 5.74) is 0. The average Bonchev–Trinajstić information content (AvgIpc) is 2.04. The molecule has 0 saturated carbocycles. The first-order valence-electron chi connectivity index (χ1n) is 4.22. The lowest BCUT2D eigenvalue weighted by Crippen LogP contribution is -2.42. The van der Waals surface area contributed by atoms with Gasteiger partial charge in [-0.15, -0.1) is 0 Å². The lowest BCUT2D eigenvalue weighted by molar-refractivity contribution is 0.165.